The smallest absolute Gasteiger partial charge is 0.356 e. The minimum atomic E-state index is -3.80. The molecule has 0 fully saturated rings. The molecule has 0 bridgehead atoms. The molecule has 0 saturated carbocycles. The summed E-state index contributed by atoms with van der Waals surface area (Å²) in [6, 6.07) is 6.30. The van der Waals surface area contributed by atoms with Crippen molar-refractivity contribution >= 4 is 21.7 Å². The number of aromatic nitrogens is 2. The van der Waals surface area contributed by atoms with Crippen LogP contribution in [0.4, 0.5) is 5.69 Å². The fourth-order valence-electron chi connectivity index (χ4n) is 1.77. The molecule has 4 N–H and O–H groups in total. The molecule has 8 nitrogen and oxygen atoms in total. The van der Waals surface area contributed by atoms with Gasteiger partial charge in [0, 0.05) is 19.3 Å². The lowest BCUT2D eigenvalue weighted by Crippen LogP contribution is -2.16. The summed E-state index contributed by atoms with van der Waals surface area (Å²) in [7, 11) is -3.80. The zero-order valence-corrected chi connectivity index (χ0v) is 11.7. The van der Waals surface area contributed by atoms with E-state index >= 15 is 0 Å². The van der Waals surface area contributed by atoms with E-state index in [1.165, 1.54) is 18.6 Å². The van der Waals surface area contributed by atoms with Crippen molar-refractivity contribution in [2.24, 2.45) is 5.14 Å². The monoisotopic (exact) mass is 310 g/mol. The second kappa shape index (κ2) is 5.94. The van der Waals surface area contributed by atoms with Gasteiger partial charge >= 0.3 is 5.97 Å². The highest BCUT2D eigenvalue weighted by Gasteiger charge is 2.12. The summed E-state index contributed by atoms with van der Waals surface area (Å²) < 4.78 is 24.4. The van der Waals surface area contributed by atoms with Gasteiger partial charge in [-0.15, -0.1) is 0 Å². The fraction of sp³-hybridized carbons (Fsp3) is 0.167. The minimum Gasteiger partial charge on any atom is -0.476 e. The fourth-order valence-corrected chi connectivity index (χ4v) is 2.49. The molecule has 1 heterocycles. The van der Waals surface area contributed by atoms with Crippen molar-refractivity contribution < 1.29 is 18.3 Å². The standard InChI is InChI=1S/C12H14N4O4S/c13-21(19,20)11-4-2-1-3-9(11)14-5-6-16-7-10(12(17)18)15-8-16/h1-4,7-8,14H,5-6H2,(H,17,18)(H2,13,19,20). The molecule has 0 aliphatic heterocycles. The molecule has 21 heavy (non-hydrogen) atoms. The highest BCUT2D eigenvalue weighted by molar-refractivity contribution is 7.89. The van der Waals surface area contributed by atoms with E-state index in [0.29, 0.717) is 18.8 Å². The predicted molar refractivity (Wildman–Crippen MR) is 75.5 cm³/mol. The molecule has 1 aromatic heterocycles. The van der Waals surface area contributed by atoms with Crippen molar-refractivity contribution in [3.8, 4) is 0 Å². The van der Waals surface area contributed by atoms with Crippen molar-refractivity contribution in [1.29, 1.82) is 0 Å². The molecule has 0 aliphatic rings. The number of hydrogen-bond donors (Lipinski definition) is 3. The van der Waals surface area contributed by atoms with Gasteiger partial charge in [0.05, 0.1) is 12.0 Å². The zero-order chi connectivity index (χ0) is 15.5. The number of aromatic carboxylic acids is 1. The molecular formula is C12H14N4O4S. The highest BCUT2D eigenvalue weighted by atomic mass is 32.2. The number of primary sulfonamides is 1. The first-order valence-electron chi connectivity index (χ1n) is 5.98. The normalized spacial score (nSPS) is 11.3. The molecule has 0 spiro atoms. The van der Waals surface area contributed by atoms with Crippen LogP contribution >= 0.6 is 0 Å². The Morgan fingerprint density at radius 2 is 2.10 bits per heavy atom. The first kappa shape index (κ1) is 15.0. The van der Waals surface area contributed by atoms with Gasteiger partial charge in [-0.2, -0.15) is 0 Å². The van der Waals surface area contributed by atoms with Gasteiger partial charge in [-0.1, -0.05) is 12.1 Å². The molecule has 0 atom stereocenters. The van der Waals surface area contributed by atoms with Crippen LogP contribution in [0.1, 0.15) is 10.5 Å². The van der Waals surface area contributed by atoms with Crippen LogP contribution in [0.15, 0.2) is 41.7 Å². The van der Waals surface area contributed by atoms with Crippen molar-refractivity contribution in [1.82, 2.24) is 9.55 Å². The number of carbonyl (C=O) groups is 1. The number of imidazole rings is 1. The van der Waals surface area contributed by atoms with E-state index in [0.717, 1.165) is 0 Å². The number of rotatable bonds is 6. The first-order valence-corrected chi connectivity index (χ1v) is 7.53. The number of sulfonamides is 1. The Bertz CT molecular complexity index is 754. The van der Waals surface area contributed by atoms with Gasteiger partial charge in [-0.25, -0.2) is 23.3 Å². The molecule has 0 aliphatic carbocycles. The van der Waals surface area contributed by atoms with Crippen LogP contribution in [-0.2, 0) is 16.6 Å². The predicted octanol–water partition coefficient (Wildman–Crippen LogP) is 0.341. The van der Waals surface area contributed by atoms with Crippen LogP contribution in [0.25, 0.3) is 0 Å². The third-order valence-corrected chi connectivity index (χ3v) is 3.70. The van der Waals surface area contributed by atoms with Crippen LogP contribution in [0.2, 0.25) is 0 Å². The molecule has 0 amide bonds. The summed E-state index contributed by atoms with van der Waals surface area (Å²) in [6.07, 6.45) is 2.80. The lowest BCUT2D eigenvalue weighted by molar-refractivity contribution is 0.0691. The van der Waals surface area contributed by atoms with Gasteiger partial charge < -0.3 is 15.0 Å². The third-order valence-electron chi connectivity index (χ3n) is 2.73. The molecule has 0 saturated heterocycles. The molecule has 1 aromatic carbocycles. The Labute approximate surface area is 121 Å². The van der Waals surface area contributed by atoms with Gasteiger partial charge in [0.2, 0.25) is 10.0 Å². The zero-order valence-electron chi connectivity index (χ0n) is 10.9. The third kappa shape index (κ3) is 3.80. The Balaban J connectivity index is 2.02. The maximum atomic E-state index is 11.4. The van der Waals surface area contributed by atoms with Gasteiger partial charge in [0.15, 0.2) is 5.69 Å². The number of anilines is 1. The maximum Gasteiger partial charge on any atom is 0.356 e. The van der Waals surface area contributed by atoms with Crippen molar-refractivity contribution in [2.75, 3.05) is 11.9 Å². The number of benzene rings is 1. The number of carboxylic acid groups (broad SMARTS) is 1. The SMILES string of the molecule is NS(=O)(=O)c1ccccc1NCCn1cnc(C(=O)O)c1. The van der Waals surface area contributed by atoms with Gasteiger partial charge in [-0.05, 0) is 12.1 Å². The Morgan fingerprint density at radius 1 is 1.38 bits per heavy atom. The van der Waals surface area contributed by atoms with Crippen LogP contribution in [0.3, 0.4) is 0 Å². The molecule has 9 heteroatoms. The number of nitrogens with one attached hydrogen (secondary N) is 1. The van der Waals surface area contributed by atoms with E-state index in [4.69, 9.17) is 10.2 Å². The van der Waals surface area contributed by atoms with Crippen LogP contribution in [0, 0.1) is 0 Å². The summed E-state index contributed by atoms with van der Waals surface area (Å²) >= 11 is 0. The summed E-state index contributed by atoms with van der Waals surface area (Å²) in [5.74, 6) is -1.10. The summed E-state index contributed by atoms with van der Waals surface area (Å²) in [5, 5.41) is 16.8. The van der Waals surface area contributed by atoms with Gasteiger partial charge in [0.25, 0.3) is 0 Å². The number of carboxylic acids is 1. The maximum absolute atomic E-state index is 11.4. The number of hydrogen-bond acceptors (Lipinski definition) is 5. The lowest BCUT2D eigenvalue weighted by Gasteiger charge is -2.10. The largest absolute Gasteiger partial charge is 0.476 e. The second-order valence-corrected chi connectivity index (χ2v) is 5.80. The van der Waals surface area contributed by atoms with E-state index in [1.54, 1.807) is 22.8 Å². The van der Waals surface area contributed by atoms with Crippen molar-refractivity contribution in [2.45, 2.75) is 11.4 Å². The summed E-state index contributed by atoms with van der Waals surface area (Å²) in [5.41, 5.74) is 0.360. The molecular weight excluding hydrogens is 296 g/mol. The highest BCUT2D eigenvalue weighted by Crippen LogP contribution is 2.18. The number of para-hydroxylation sites is 1. The van der Waals surface area contributed by atoms with E-state index in [2.05, 4.69) is 10.3 Å². The summed E-state index contributed by atoms with van der Waals surface area (Å²) in [6.45, 7) is 0.821. The average molecular weight is 310 g/mol. The van der Waals surface area contributed by atoms with Crippen molar-refractivity contribution in [3.05, 3.63) is 42.5 Å². The first-order chi connectivity index (χ1) is 9.88. The molecule has 0 unspecified atom stereocenters. The number of nitrogens with zero attached hydrogens (tertiary/aromatic N) is 2. The Kier molecular flexibility index (Phi) is 4.24. The molecule has 2 aromatic rings. The molecule has 2 rings (SSSR count). The number of nitrogens with two attached hydrogens (primary N) is 1. The van der Waals surface area contributed by atoms with Crippen LogP contribution < -0.4 is 10.5 Å². The molecule has 112 valence electrons. The quantitative estimate of drug-likeness (QED) is 0.706. The average Bonchev–Trinajstić information content (AvgIpc) is 2.87. The van der Waals surface area contributed by atoms with Crippen LogP contribution in [0.5, 0.6) is 0 Å². The molecule has 0 radical (unpaired) electrons. The Hall–Kier alpha value is -2.39. The van der Waals surface area contributed by atoms with E-state index < -0.39 is 16.0 Å². The summed E-state index contributed by atoms with van der Waals surface area (Å²) in [4.78, 5) is 14.4. The van der Waals surface area contributed by atoms with Gasteiger partial charge in [0.1, 0.15) is 4.90 Å². The van der Waals surface area contributed by atoms with E-state index in [1.807, 2.05) is 0 Å². The van der Waals surface area contributed by atoms with Gasteiger partial charge in [-0.3, -0.25) is 0 Å². The Morgan fingerprint density at radius 3 is 2.71 bits per heavy atom. The van der Waals surface area contributed by atoms with E-state index in [9.17, 15) is 13.2 Å². The lowest BCUT2D eigenvalue weighted by atomic mass is 10.3. The van der Waals surface area contributed by atoms with Crippen molar-refractivity contribution in [3.63, 3.8) is 0 Å². The van der Waals surface area contributed by atoms with E-state index in [-0.39, 0.29) is 10.6 Å². The topological polar surface area (TPSA) is 127 Å². The second-order valence-electron chi connectivity index (χ2n) is 4.27. The van der Waals surface area contributed by atoms with Crippen LogP contribution in [-0.4, -0.2) is 35.6 Å². The minimum absolute atomic E-state index is 0.0156.